The van der Waals surface area contributed by atoms with Crippen molar-refractivity contribution in [2.45, 2.75) is 44.3 Å². The monoisotopic (exact) mass is 398 g/mol. The molecule has 3 N–H and O–H groups in total. The molecule has 3 rings (SSSR count). The molecule has 3 atom stereocenters. The zero-order chi connectivity index (χ0) is 18.9. The van der Waals surface area contributed by atoms with Crippen molar-refractivity contribution < 1.29 is 18.8 Å². The maximum Gasteiger partial charge on any atom is 0.325 e. The van der Waals surface area contributed by atoms with Gasteiger partial charge in [0.05, 0.1) is 0 Å². The summed E-state index contributed by atoms with van der Waals surface area (Å²) in [4.78, 5) is 38.2. The molecule has 2 heterocycles. The summed E-state index contributed by atoms with van der Waals surface area (Å²) in [6.45, 7) is 4.08. The van der Waals surface area contributed by atoms with Crippen LogP contribution in [0.5, 0.6) is 0 Å². The molecule has 148 valence electrons. The van der Waals surface area contributed by atoms with E-state index >= 15 is 0 Å². The molecule has 0 aromatic heterocycles. The van der Waals surface area contributed by atoms with Gasteiger partial charge in [0.1, 0.15) is 17.9 Å². The molecule has 2 saturated heterocycles. The minimum absolute atomic E-state index is 0. The summed E-state index contributed by atoms with van der Waals surface area (Å²) in [7, 11) is 0. The molecule has 2 aliphatic rings. The largest absolute Gasteiger partial charge is 0.352 e. The highest BCUT2D eigenvalue weighted by molar-refractivity contribution is 6.09. The standard InChI is InChI=1S/C18H23FN4O3.ClH/c1-11-9-14(7-8-20-11)21-15(24)10-23-16(25)18(2,22-17(23)26)12-3-5-13(19)6-4-12;/h3-6,11,14,20H,7-10H2,1-2H3,(H,21,24)(H,22,26);1H. The van der Waals surface area contributed by atoms with Gasteiger partial charge in [-0.3, -0.25) is 14.5 Å². The molecule has 1 aromatic carbocycles. The van der Waals surface area contributed by atoms with E-state index in [0.717, 1.165) is 24.3 Å². The molecule has 0 aliphatic carbocycles. The number of hydrogen-bond donors (Lipinski definition) is 3. The van der Waals surface area contributed by atoms with Crippen LogP contribution in [0.15, 0.2) is 24.3 Å². The van der Waals surface area contributed by atoms with Gasteiger partial charge in [0.2, 0.25) is 5.91 Å². The van der Waals surface area contributed by atoms with E-state index in [9.17, 15) is 18.8 Å². The van der Waals surface area contributed by atoms with Crippen LogP contribution in [-0.2, 0) is 15.1 Å². The molecule has 2 fully saturated rings. The lowest BCUT2D eigenvalue weighted by Gasteiger charge is -2.29. The first kappa shape index (κ1) is 21.1. The molecule has 0 radical (unpaired) electrons. The number of nitrogens with zero attached hydrogens (tertiary/aromatic N) is 1. The van der Waals surface area contributed by atoms with E-state index in [-0.39, 0.29) is 30.9 Å². The zero-order valence-electron chi connectivity index (χ0n) is 15.3. The summed E-state index contributed by atoms with van der Waals surface area (Å²) in [5.74, 6) is -1.32. The Morgan fingerprint density at radius 2 is 2.00 bits per heavy atom. The van der Waals surface area contributed by atoms with Crippen LogP contribution in [0, 0.1) is 5.82 Å². The normalized spacial score (nSPS) is 27.7. The predicted octanol–water partition coefficient (Wildman–Crippen LogP) is 1.27. The number of piperidine rings is 1. The predicted molar refractivity (Wildman–Crippen MR) is 99.9 cm³/mol. The van der Waals surface area contributed by atoms with Crippen molar-refractivity contribution in [1.82, 2.24) is 20.9 Å². The Hall–Kier alpha value is -2.19. The first-order valence-electron chi connectivity index (χ1n) is 8.72. The lowest BCUT2D eigenvalue weighted by atomic mass is 9.92. The quantitative estimate of drug-likeness (QED) is 0.666. The van der Waals surface area contributed by atoms with E-state index in [1.54, 1.807) is 6.92 Å². The third kappa shape index (κ3) is 4.39. The van der Waals surface area contributed by atoms with Gasteiger partial charge in [-0.05, 0) is 50.9 Å². The molecule has 0 bridgehead atoms. The third-order valence-corrected chi connectivity index (χ3v) is 4.99. The second kappa shape index (κ2) is 8.22. The molecule has 27 heavy (non-hydrogen) atoms. The van der Waals surface area contributed by atoms with Crippen LogP contribution < -0.4 is 16.0 Å². The fourth-order valence-electron chi connectivity index (χ4n) is 3.50. The van der Waals surface area contributed by atoms with Gasteiger partial charge in [0.25, 0.3) is 5.91 Å². The number of halogens is 2. The summed E-state index contributed by atoms with van der Waals surface area (Å²) >= 11 is 0. The van der Waals surface area contributed by atoms with Gasteiger partial charge in [0.15, 0.2) is 0 Å². The Bertz CT molecular complexity index is 730. The Morgan fingerprint density at radius 3 is 2.63 bits per heavy atom. The van der Waals surface area contributed by atoms with E-state index in [1.165, 1.54) is 24.3 Å². The summed E-state index contributed by atoms with van der Waals surface area (Å²) < 4.78 is 13.1. The molecule has 0 saturated carbocycles. The van der Waals surface area contributed by atoms with Crippen LogP contribution in [0.4, 0.5) is 9.18 Å². The van der Waals surface area contributed by atoms with Gasteiger partial charge in [-0.25, -0.2) is 9.18 Å². The maximum absolute atomic E-state index is 13.1. The lowest BCUT2D eigenvalue weighted by molar-refractivity contribution is -0.135. The highest BCUT2D eigenvalue weighted by atomic mass is 35.5. The van der Waals surface area contributed by atoms with Crippen molar-refractivity contribution in [3.63, 3.8) is 0 Å². The minimum Gasteiger partial charge on any atom is -0.352 e. The first-order valence-corrected chi connectivity index (χ1v) is 8.72. The van der Waals surface area contributed by atoms with Crippen molar-refractivity contribution in [2.75, 3.05) is 13.1 Å². The van der Waals surface area contributed by atoms with E-state index in [0.29, 0.717) is 11.6 Å². The number of carbonyl (C=O) groups is 3. The van der Waals surface area contributed by atoms with Crippen LogP contribution >= 0.6 is 12.4 Å². The topological polar surface area (TPSA) is 90.5 Å². The third-order valence-electron chi connectivity index (χ3n) is 4.99. The van der Waals surface area contributed by atoms with E-state index < -0.39 is 23.3 Å². The molecule has 3 unspecified atom stereocenters. The number of hydrogen-bond acceptors (Lipinski definition) is 4. The van der Waals surface area contributed by atoms with Crippen LogP contribution in [0.3, 0.4) is 0 Å². The summed E-state index contributed by atoms with van der Waals surface area (Å²) in [6, 6.07) is 5.08. The Balaban J connectivity index is 0.00000261. The van der Waals surface area contributed by atoms with E-state index in [1.807, 2.05) is 6.92 Å². The van der Waals surface area contributed by atoms with E-state index in [2.05, 4.69) is 16.0 Å². The molecular formula is C18H24ClFN4O3. The second-order valence-corrected chi connectivity index (χ2v) is 7.10. The van der Waals surface area contributed by atoms with E-state index in [4.69, 9.17) is 0 Å². The molecule has 0 spiro atoms. The Kier molecular flexibility index (Phi) is 6.43. The van der Waals surface area contributed by atoms with Gasteiger partial charge in [-0.15, -0.1) is 12.4 Å². The van der Waals surface area contributed by atoms with Gasteiger partial charge >= 0.3 is 6.03 Å². The van der Waals surface area contributed by atoms with Crippen molar-refractivity contribution in [3.8, 4) is 0 Å². The van der Waals surface area contributed by atoms with Crippen molar-refractivity contribution in [1.29, 1.82) is 0 Å². The molecular weight excluding hydrogens is 375 g/mol. The van der Waals surface area contributed by atoms with Crippen molar-refractivity contribution in [3.05, 3.63) is 35.6 Å². The van der Waals surface area contributed by atoms with Gasteiger partial charge in [-0.2, -0.15) is 0 Å². The summed E-state index contributed by atoms with van der Waals surface area (Å²) in [5, 5.41) is 8.80. The molecule has 1 aromatic rings. The average molecular weight is 399 g/mol. The average Bonchev–Trinajstić information content (AvgIpc) is 2.79. The van der Waals surface area contributed by atoms with Crippen LogP contribution in [0.1, 0.15) is 32.3 Å². The van der Waals surface area contributed by atoms with Gasteiger partial charge in [-0.1, -0.05) is 12.1 Å². The molecule has 9 heteroatoms. The van der Waals surface area contributed by atoms with Crippen molar-refractivity contribution >= 4 is 30.3 Å². The van der Waals surface area contributed by atoms with Crippen LogP contribution in [0.25, 0.3) is 0 Å². The summed E-state index contributed by atoms with van der Waals surface area (Å²) in [6.07, 6.45) is 1.61. The first-order chi connectivity index (χ1) is 12.3. The number of carbonyl (C=O) groups excluding carboxylic acids is 3. The van der Waals surface area contributed by atoms with Crippen LogP contribution in [0.2, 0.25) is 0 Å². The number of urea groups is 1. The van der Waals surface area contributed by atoms with Gasteiger partial charge < -0.3 is 16.0 Å². The molecule has 7 nitrogen and oxygen atoms in total. The second-order valence-electron chi connectivity index (χ2n) is 7.10. The molecule has 2 aliphatic heterocycles. The number of benzene rings is 1. The number of nitrogens with one attached hydrogen (secondary N) is 3. The van der Waals surface area contributed by atoms with Crippen LogP contribution in [-0.4, -0.2) is 47.9 Å². The zero-order valence-corrected chi connectivity index (χ0v) is 16.1. The maximum atomic E-state index is 13.1. The number of rotatable bonds is 4. The Labute approximate surface area is 163 Å². The SMILES string of the molecule is CC1CC(NC(=O)CN2C(=O)NC(C)(c3ccc(F)cc3)C2=O)CCN1.Cl. The van der Waals surface area contributed by atoms with Crippen molar-refractivity contribution in [2.24, 2.45) is 0 Å². The smallest absolute Gasteiger partial charge is 0.325 e. The number of amides is 4. The minimum atomic E-state index is -1.31. The highest BCUT2D eigenvalue weighted by Crippen LogP contribution is 2.28. The van der Waals surface area contributed by atoms with Gasteiger partial charge in [0, 0.05) is 12.1 Å². The fourth-order valence-corrected chi connectivity index (χ4v) is 3.50. The summed E-state index contributed by atoms with van der Waals surface area (Å²) in [5.41, 5.74) is -0.846. The highest BCUT2D eigenvalue weighted by Gasteiger charge is 2.49. The fraction of sp³-hybridized carbons (Fsp3) is 0.500. The molecule has 4 amide bonds. The number of imide groups is 1. The lowest BCUT2D eigenvalue weighted by Crippen LogP contribution is -2.50. The Morgan fingerprint density at radius 1 is 1.33 bits per heavy atom.